The fourth-order valence-corrected chi connectivity index (χ4v) is 3.23. The van der Waals surface area contributed by atoms with E-state index in [1.165, 1.54) is 0 Å². The quantitative estimate of drug-likeness (QED) is 0.845. The maximum Gasteiger partial charge on any atom is 0.359 e. The molecule has 0 amide bonds. The van der Waals surface area contributed by atoms with Crippen LogP contribution in [0.1, 0.15) is 36.8 Å². The van der Waals surface area contributed by atoms with E-state index in [4.69, 9.17) is 4.74 Å². The van der Waals surface area contributed by atoms with Crippen molar-refractivity contribution in [3.8, 4) is 5.69 Å². The molecular formula is C19H26N4O2. The number of ether oxygens (including phenoxy) is 1. The van der Waals surface area contributed by atoms with Crippen LogP contribution in [0.5, 0.6) is 0 Å². The zero-order valence-electron chi connectivity index (χ0n) is 15.2. The molecule has 0 unspecified atom stereocenters. The Balaban J connectivity index is 1.88. The molecule has 0 atom stereocenters. The van der Waals surface area contributed by atoms with Crippen LogP contribution in [-0.2, 0) is 11.3 Å². The lowest BCUT2D eigenvalue weighted by molar-refractivity contribution is 0.0515. The van der Waals surface area contributed by atoms with Crippen molar-refractivity contribution in [1.29, 1.82) is 0 Å². The molecule has 1 aliphatic heterocycles. The maximum absolute atomic E-state index is 12.4. The van der Waals surface area contributed by atoms with E-state index in [2.05, 4.69) is 29.2 Å². The summed E-state index contributed by atoms with van der Waals surface area (Å²) < 4.78 is 6.96. The summed E-state index contributed by atoms with van der Waals surface area (Å²) in [6, 6.07) is 9.82. The lowest BCUT2D eigenvalue weighted by Crippen LogP contribution is -2.56. The number of hydrogen-bond acceptors (Lipinski definition) is 5. The first-order valence-electron chi connectivity index (χ1n) is 8.77. The number of aromatic nitrogens is 2. The summed E-state index contributed by atoms with van der Waals surface area (Å²) in [4.78, 5) is 14.7. The average molecular weight is 342 g/mol. The zero-order chi connectivity index (χ0) is 17.9. The molecule has 25 heavy (non-hydrogen) atoms. The number of carbonyl (C=O) groups excluding carboxylic acids is 1. The van der Waals surface area contributed by atoms with Gasteiger partial charge in [0.2, 0.25) is 0 Å². The predicted octanol–water partition coefficient (Wildman–Crippen LogP) is 2.23. The van der Waals surface area contributed by atoms with E-state index in [1.54, 1.807) is 4.68 Å². The molecule has 1 N–H and O–H groups in total. The highest BCUT2D eigenvalue weighted by atomic mass is 16.5. The topological polar surface area (TPSA) is 59.4 Å². The van der Waals surface area contributed by atoms with Crippen molar-refractivity contribution in [2.75, 3.05) is 26.2 Å². The van der Waals surface area contributed by atoms with Crippen molar-refractivity contribution in [1.82, 2.24) is 20.0 Å². The van der Waals surface area contributed by atoms with Crippen molar-refractivity contribution in [2.45, 2.75) is 32.9 Å². The van der Waals surface area contributed by atoms with Gasteiger partial charge in [0.1, 0.15) is 0 Å². The van der Waals surface area contributed by atoms with E-state index < -0.39 is 0 Å². The number of benzene rings is 1. The number of nitrogens with zero attached hydrogens (tertiary/aromatic N) is 3. The monoisotopic (exact) mass is 342 g/mol. The van der Waals surface area contributed by atoms with E-state index in [9.17, 15) is 4.79 Å². The fourth-order valence-electron chi connectivity index (χ4n) is 3.23. The molecule has 1 saturated heterocycles. The maximum atomic E-state index is 12.4. The first-order valence-corrected chi connectivity index (χ1v) is 8.77. The Morgan fingerprint density at radius 1 is 1.32 bits per heavy atom. The Kier molecular flexibility index (Phi) is 5.20. The molecule has 134 valence electrons. The molecule has 0 saturated carbocycles. The smallest absolute Gasteiger partial charge is 0.359 e. The Bertz CT molecular complexity index is 724. The molecule has 2 heterocycles. The van der Waals surface area contributed by atoms with E-state index >= 15 is 0 Å². The van der Waals surface area contributed by atoms with Gasteiger partial charge in [0, 0.05) is 43.5 Å². The molecule has 0 bridgehead atoms. The van der Waals surface area contributed by atoms with Gasteiger partial charge in [0.05, 0.1) is 12.3 Å². The van der Waals surface area contributed by atoms with Gasteiger partial charge in [-0.3, -0.25) is 4.90 Å². The van der Waals surface area contributed by atoms with Gasteiger partial charge in [-0.2, -0.15) is 5.10 Å². The standard InChI is InChI=1S/C19H26N4O2/c1-4-25-18(24)17-15(12-22-11-10-20-19(2,3)14-22)13-23(21-17)16-8-6-5-7-9-16/h5-9,13,20H,4,10-12,14H2,1-3H3. The van der Waals surface area contributed by atoms with E-state index in [0.717, 1.165) is 30.9 Å². The molecule has 1 aromatic heterocycles. The minimum Gasteiger partial charge on any atom is -0.461 e. The molecule has 2 aromatic rings. The number of nitrogens with one attached hydrogen (secondary N) is 1. The lowest BCUT2D eigenvalue weighted by atomic mass is 10.0. The fraction of sp³-hybridized carbons (Fsp3) is 0.474. The third-order valence-electron chi connectivity index (χ3n) is 4.32. The number of carbonyl (C=O) groups is 1. The highest BCUT2D eigenvalue weighted by Crippen LogP contribution is 2.18. The second-order valence-corrected chi connectivity index (χ2v) is 7.02. The van der Waals surface area contributed by atoms with E-state index in [0.29, 0.717) is 18.8 Å². The molecular weight excluding hydrogens is 316 g/mol. The van der Waals surface area contributed by atoms with Crippen molar-refractivity contribution in [2.24, 2.45) is 0 Å². The first kappa shape index (κ1) is 17.6. The summed E-state index contributed by atoms with van der Waals surface area (Å²) in [5.41, 5.74) is 2.31. The summed E-state index contributed by atoms with van der Waals surface area (Å²) in [6.45, 7) is 10.0. The molecule has 0 aliphatic carbocycles. The second-order valence-electron chi connectivity index (χ2n) is 7.02. The van der Waals surface area contributed by atoms with Crippen LogP contribution in [0, 0.1) is 0 Å². The number of esters is 1. The van der Waals surface area contributed by atoms with Gasteiger partial charge < -0.3 is 10.1 Å². The molecule has 1 aliphatic rings. The summed E-state index contributed by atoms with van der Waals surface area (Å²) in [6.07, 6.45) is 1.94. The molecule has 1 fully saturated rings. The average Bonchev–Trinajstić information content (AvgIpc) is 2.99. The largest absolute Gasteiger partial charge is 0.461 e. The second kappa shape index (κ2) is 7.37. The predicted molar refractivity (Wildman–Crippen MR) is 96.9 cm³/mol. The number of piperazine rings is 1. The Morgan fingerprint density at radius 3 is 2.76 bits per heavy atom. The molecule has 6 heteroatoms. The van der Waals surface area contributed by atoms with Crippen LogP contribution in [-0.4, -0.2) is 52.4 Å². The first-order chi connectivity index (χ1) is 12.0. The molecule has 3 rings (SSSR count). The van der Waals surface area contributed by atoms with Crippen LogP contribution in [0.15, 0.2) is 36.5 Å². The van der Waals surface area contributed by atoms with Gasteiger partial charge in [-0.05, 0) is 32.9 Å². The van der Waals surface area contributed by atoms with Crippen LogP contribution in [0.2, 0.25) is 0 Å². The number of rotatable bonds is 5. The highest BCUT2D eigenvalue weighted by molar-refractivity contribution is 5.88. The molecule has 1 aromatic carbocycles. The number of para-hydroxylation sites is 1. The van der Waals surface area contributed by atoms with Crippen LogP contribution in [0.25, 0.3) is 5.69 Å². The summed E-state index contributed by atoms with van der Waals surface area (Å²) >= 11 is 0. The van der Waals surface area contributed by atoms with Gasteiger partial charge in [0.25, 0.3) is 0 Å². The Morgan fingerprint density at radius 2 is 2.08 bits per heavy atom. The molecule has 0 radical (unpaired) electrons. The molecule has 6 nitrogen and oxygen atoms in total. The summed E-state index contributed by atoms with van der Waals surface area (Å²) in [5, 5.41) is 8.01. The van der Waals surface area contributed by atoms with Gasteiger partial charge in [-0.1, -0.05) is 18.2 Å². The normalized spacial score (nSPS) is 17.4. The van der Waals surface area contributed by atoms with Crippen LogP contribution < -0.4 is 5.32 Å². The van der Waals surface area contributed by atoms with Gasteiger partial charge in [-0.15, -0.1) is 0 Å². The third-order valence-corrected chi connectivity index (χ3v) is 4.32. The zero-order valence-corrected chi connectivity index (χ0v) is 15.2. The summed E-state index contributed by atoms with van der Waals surface area (Å²) in [5.74, 6) is -0.360. The van der Waals surface area contributed by atoms with Gasteiger partial charge in [-0.25, -0.2) is 9.48 Å². The molecule has 0 spiro atoms. The van der Waals surface area contributed by atoms with Gasteiger partial charge in [0.15, 0.2) is 5.69 Å². The van der Waals surface area contributed by atoms with Crippen molar-refractivity contribution < 1.29 is 9.53 Å². The van der Waals surface area contributed by atoms with E-state index in [-0.39, 0.29) is 11.5 Å². The Labute approximate surface area is 148 Å². The van der Waals surface area contributed by atoms with Crippen LogP contribution in [0.3, 0.4) is 0 Å². The van der Waals surface area contributed by atoms with Crippen LogP contribution in [0.4, 0.5) is 0 Å². The minimum atomic E-state index is -0.360. The van der Waals surface area contributed by atoms with Crippen molar-refractivity contribution in [3.05, 3.63) is 47.8 Å². The summed E-state index contributed by atoms with van der Waals surface area (Å²) in [7, 11) is 0. The minimum absolute atomic E-state index is 0.0672. The Hall–Kier alpha value is -2.18. The van der Waals surface area contributed by atoms with E-state index in [1.807, 2.05) is 43.5 Å². The van der Waals surface area contributed by atoms with Crippen LogP contribution >= 0.6 is 0 Å². The lowest BCUT2D eigenvalue weighted by Gasteiger charge is -2.39. The highest BCUT2D eigenvalue weighted by Gasteiger charge is 2.27. The van der Waals surface area contributed by atoms with Crippen molar-refractivity contribution >= 4 is 5.97 Å². The third kappa shape index (κ3) is 4.27. The van der Waals surface area contributed by atoms with Gasteiger partial charge >= 0.3 is 5.97 Å². The number of hydrogen-bond donors (Lipinski definition) is 1. The van der Waals surface area contributed by atoms with Crippen molar-refractivity contribution in [3.63, 3.8) is 0 Å². The SMILES string of the molecule is CCOC(=O)c1nn(-c2ccccc2)cc1CN1CCNC(C)(C)C1.